The van der Waals surface area contributed by atoms with Crippen LogP contribution in [0.1, 0.15) is 65.7 Å². The van der Waals surface area contributed by atoms with E-state index in [9.17, 15) is 9.59 Å². The monoisotopic (exact) mass is 346 g/mol. The molecule has 0 aromatic heterocycles. The minimum absolute atomic E-state index is 0.264. The molecule has 0 aromatic rings. The van der Waals surface area contributed by atoms with Crippen molar-refractivity contribution in [3.8, 4) is 0 Å². The molecule has 4 rings (SSSR count). The number of carbonyl (C=O) groups is 2. The van der Waals surface area contributed by atoms with Crippen molar-refractivity contribution in [2.75, 3.05) is 0 Å². The van der Waals surface area contributed by atoms with Gasteiger partial charge in [0.2, 0.25) is 0 Å². The first kappa shape index (κ1) is 18.2. The van der Waals surface area contributed by atoms with Crippen LogP contribution in [0.5, 0.6) is 0 Å². The van der Waals surface area contributed by atoms with Gasteiger partial charge in [-0.1, -0.05) is 26.5 Å². The predicted molar refractivity (Wildman–Crippen MR) is 95.7 cm³/mol. The molecule has 0 heterocycles. The van der Waals surface area contributed by atoms with Crippen LogP contribution in [-0.2, 0) is 19.1 Å². The fraction of sp³-hybridized carbons (Fsp3) is 0.714. The molecule has 3 atom stereocenters. The largest absolute Gasteiger partial charge is 0.451 e. The highest BCUT2D eigenvalue weighted by atomic mass is 16.6. The van der Waals surface area contributed by atoms with Crippen LogP contribution in [0.4, 0.5) is 0 Å². The van der Waals surface area contributed by atoms with Gasteiger partial charge in [-0.25, -0.2) is 9.59 Å². The third-order valence-corrected chi connectivity index (χ3v) is 6.45. The van der Waals surface area contributed by atoms with E-state index in [1.165, 1.54) is 6.42 Å². The average Bonchev–Trinajstić information content (AvgIpc) is 2.51. The minimum Gasteiger partial charge on any atom is -0.451 e. The lowest BCUT2D eigenvalue weighted by molar-refractivity contribution is -0.283. The number of ether oxygens (including phenoxy) is 2. The lowest BCUT2D eigenvalue weighted by Crippen LogP contribution is -2.71. The normalized spacial score (nSPS) is 38.3. The Morgan fingerprint density at radius 2 is 1.48 bits per heavy atom. The highest BCUT2D eigenvalue weighted by Gasteiger charge is 2.69. The van der Waals surface area contributed by atoms with Crippen LogP contribution in [0.25, 0.3) is 0 Å². The number of hydrogen-bond donors (Lipinski definition) is 0. The smallest absolute Gasteiger partial charge is 0.333 e. The molecule has 4 nitrogen and oxygen atoms in total. The lowest BCUT2D eigenvalue weighted by atomic mass is 9.46. The summed E-state index contributed by atoms with van der Waals surface area (Å²) in [4.78, 5) is 25.0. The highest BCUT2D eigenvalue weighted by Crippen LogP contribution is 2.64. The van der Waals surface area contributed by atoms with E-state index in [2.05, 4.69) is 20.1 Å². The van der Waals surface area contributed by atoms with Gasteiger partial charge in [0.1, 0.15) is 0 Å². The van der Waals surface area contributed by atoms with Gasteiger partial charge in [0.05, 0.1) is 0 Å². The topological polar surface area (TPSA) is 52.6 Å². The van der Waals surface area contributed by atoms with Crippen molar-refractivity contribution >= 4 is 11.9 Å². The summed E-state index contributed by atoms with van der Waals surface area (Å²) in [7, 11) is 0. The molecule has 0 aliphatic heterocycles. The number of rotatable bonds is 6. The van der Waals surface area contributed by atoms with Crippen LogP contribution in [0.15, 0.2) is 24.3 Å². The first-order valence-corrected chi connectivity index (χ1v) is 9.50. The molecule has 4 heteroatoms. The minimum atomic E-state index is -0.726. The molecule has 138 valence electrons. The van der Waals surface area contributed by atoms with E-state index in [4.69, 9.17) is 9.47 Å². The molecule has 0 amide bonds. The highest BCUT2D eigenvalue weighted by molar-refractivity contribution is 5.88. The summed E-state index contributed by atoms with van der Waals surface area (Å²) >= 11 is 0. The maximum Gasteiger partial charge on any atom is 0.333 e. The van der Waals surface area contributed by atoms with Crippen LogP contribution in [-0.4, -0.2) is 23.1 Å². The zero-order valence-corrected chi connectivity index (χ0v) is 15.7. The molecule has 4 aliphatic rings. The molecule has 0 aromatic carbocycles. The van der Waals surface area contributed by atoms with E-state index in [1.807, 2.05) is 0 Å². The second kappa shape index (κ2) is 6.30. The van der Waals surface area contributed by atoms with E-state index in [0.717, 1.165) is 38.5 Å². The predicted octanol–water partition coefficient (Wildman–Crippen LogP) is 4.34. The summed E-state index contributed by atoms with van der Waals surface area (Å²) in [6, 6.07) is 0. The molecule has 4 aliphatic carbocycles. The van der Waals surface area contributed by atoms with E-state index in [1.54, 1.807) is 13.8 Å². The Morgan fingerprint density at radius 1 is 0.960 bits per heavy atom. The molecule has 4 fully saturated rings. The van der Waals surface area contributed by atoms with Crippen molar-refractivity contribution < 1.29 is 19.1 Å². The van der Waals surface area contributed by atoms with E-state index >= 15 is 0 Å². The molecule has 0 spiro atoms. The van der Waals surface area contributed by atoms with Crippen molar-refractivity contribution in [3.63, 3.8) is 0 Å². The van der Waals surface area contributed by atoms with Crippen LogP contribution < -0.4 is 0 Å². The standard InChI is InChI=1S/C21H30O4/c1-6-7-21(25-19(23)14(4)5)17-9-15-8-16(10-17)12-20(21,11-15)24-18(22)13(2)3/h15-17H,2,4,6-12H2,1,3,5H3. The Hall–Kier alpha value is -1.58. The Bertz CT molecular complexity index is 605. The second-order valence-electron chi connectivity index (χ2n) is 8.52. The summed E-state index contributed by atoms with van der Waals surface area (Å²) in [6.07, 6.45) is 6.52. The quantitative estimate of drug-likeness (QED) is 0.530. The van der Waals surface area contributed by atoms with Gasteiger partial charge in [-0.15, -0.1) is 0 Å². The summed E-state index contributed by atoms with van der Waals surface area (Å²) < 4.78 is 12.3. The Morgan fingerprint density at radius 3 is 1.96 bits per heavy atom. The molecule has 0 N–H and O–H groups in total. The molecule has 0 saturated heterocycles. The summed E-state index contributed by atoms with van der Waals surface area (Å²) in [6.45, 7) is 12.9. The fourth-order valence-electron chi connectivity index (χ4n) is 5.73. The van der Waals surface area contributed by atoms with Gasteiger partial charge in [0.25, 0.3) is 0 Å². The van der Waals surface area contributed by atoms with Crippen molar-refractivity contribution in [3.05, 3.63) is 24.3 Å². The maximum absolute atomic E-state index is 12.5. The van der Waals surface area contributed by atoms with E-state index in [0.29, 0.717) is 23.0 Å². The van der Waals surface area contributed by atoms with Crippen molar-refractivity contribution in [1.82, 2.24) is 0 Å². The number of carbonyl (C=O) groups excluding carboxylic acids is 2. The SMILES string of the molecule is C=C(C)C(=O)OC12CC3CC(CC(C3)C1(CCC)OC(=O)C(=C)C)C2. The Kier molecular flexibility index (Phi) is 4.59. The van der Waals surface area contributed by atoms with Gasteiger partial charge >= 0.3 is 11.9 Å². The molecule has 4 bridgehead atoms. The second-order valence-corrected chi connectivity index (χ2v) is 8.52. The first-order chi connectivity index (χ1) is 11.7. The van der Waals surface area contributed by atoms with Gasteiger partial charge in [0, 0.05) is 17.1 Å². The zero-order chi connectivity index (χ0) is 18.4. The number of hydrogen-bond acceptors (Lipinski definition) is 4. The lowest BCUT2D eigenvalue weighted by Gasteiger charge is -2.65. The zero-order valence-electron chi connectivity index (χ0n) is 15.7. The molecule has 25 heavy (non-hydrogen) atoms. The maximum atomic E-state index is 12.5. The van der Waals surface area contributed by atoms with Gasteiger partial charge in [-0.3, -0.25) is 0 Å². The van der Waals surface area contributed by atoms with Crippen molar-refractivity contribution in [2.24, 2.45) is 17.8 Å². The fourth-order valence-corrected chi connectivity index (χ4v) is 5.73. The Balaban J connectivity index is 2.04. The molecular formula is C21H30O4. The third kappa shape index (κ3) is 2.84. The average molecular weight is 346 g/mol. The summed E-state index contributed by atoms with van der Waals surface area (Å²) in [5.41, 5.74) is -0.645. The van der Waals surface area contributed by atoms with E-state index in [-0.39, 0.29) is 17.9 Å². The van der Waals surface area contributed by atoms with Crippen LogP contribution in [0.2, 0.25) is 0 Å². The molecule has 4 saturated carbocycles. The van der Waals surface area contributed by atoms with Crippen molar-refractivity contribution in [2.45, 2.75) is 76.9 Å². The van der Waals surface area contributed by atoms with E-state index < -0.39 is 11.2 Å². The van der Waals surface area contributed by atoms with Gasteiger partial charge in [-0.05, 0) is 64.2 Å². The van der Waals surface area contributed by atoms with Crippen LogP contribution in [0, 0.1) is 17.8 Å². The van der Waals surface area contributed by atoms with Gasteiger partial charge in [-0.2, -0.15) is 0 Å². The number of esters is 2. The van der Waals surface area contributed by atoms with Crippen LogP contribution >= 0.6 is 0 Å². The molecular weight excluding hydrogens is 316 g/mol. The third-order valence-electron chi connectivity index (χ3n) is 6.45. The van der Waals surface area contributed by atoms with Gasteiger partial charge in [0.15, 0.2) is 11.2 Å². The van der Waals surface area contributed by atoms with Crippen LogP contribution in [0.3, 0.4) is 0 Å². The molecule has 0 radical (unpaired) electrons. The van der Waals surface area contributed by atoms with Gasteiger partial charge < -0.3 is 9.47 Å². The van der Waals surface area contributed by atoms with Crippen molar-refractivity contribution in [1.29, 1.82) is 0 Å². The summed E-state index contributed by atoms with van der Waals surface area (Å²) in [5, 5.41) is 0. The summed E-state index contributed by atoms with van der Waals surface area (Å²) in [5.74, 6) is 0.647. The Labute approximate surface area is 150 Å². The molecule has 3 unspecified atom stereocenters. The first-order valence-electron chi connectivity index (χ1n) is 9.50.